The fourth-order valence-corrected chi connectivity index (χ4v) is 2.35. The number of nitrogens with one attached hydrogen (secondary N) is 1. The van der Waals surface area contributed by atoms with Crippen LogP contribution in [0.5, 0.6) is 11.5 Å². The minimum Gasteiger partial charge on any atom is -0.508 e. The molecule has 0 radical (unpaired) electrons. The lowest BCUT2D eigenvalue weighted by Gasteiger charge is -2.22. The number of methoxy groups -OCH3 is 1. The summed E-state index contributed by atoms with van der Waals surface area (Å²) in [5, 5.41) is 12.9. The molecule has 0 spiro atoms. The standard InChI is InChI=1S/C17H21NO2/c1-12(14-8-10-15(19)11-9-14)18-13(2)16-6-4-5-7-17(16)20-3/h4-13,18-19H,1-3H3/t12?,13-/m1/s1. The molecule has 0 amide bonds. The zero-order valence-corrected chi connectivity index (χ0v) is 12.1. The Labute approximate surface area is 120 Å². The Balaban J connectivity index is 2.10. The van der Waals surface area contributed by atoms with Crippen LogP contribution in [0.2, 0.25) is 0 Å². The van der Waals surface area contributed by atoms with E-state index >= 15 is 0 Å². The summed E-state index contributed by atoms with van der Waals surface area (Å²) in [6.07, 6.45) is 0. The molecule has 0 aliphatic rings. The lowest BCUT2D eigenvalue weighted by molar-refractivity contribution is 0.396. The van der Waals surface area contributed by atoms with Crippen LogP contribution in [0.15, 0.2) is 48.5 Å². The van der Waals surface area contributed by atoms with Crippen molar-refractivity contribution in [2.45, 2.75) is 25.9 Å². The second kappa shape index (κ2) is 6.44. The minimum atomic E-state index is 0.176. The number of phenols is 1. The molecule has 0 aromatic heterocycles. The summed E-state index contributed by atoms with van der Waals surface area (Å²) in [7, 11) is 1.69. The maximum absolute atomic E-state index is 9.33. The average Bonchev–Trinajstić information content (AvgIpc) is 2.47. The highest BCUT2D eigenvalue weighted by atomic mass is 16.5. The highest BCUT2D eigenvalue weighted by Gasteiger charge is 2.14. The second-order valence-corrected chi connectivity index (χ2v) is 4.94. The third kappa shape index (κ3) is 3.31. The molecule has 0 aliphatic carbocycles. The van der Waals surface area contributed by atoms with Crippen LogP contribution in [-0.4, -0.2) is 12.2 Å². The predicted molar refractivity (Wildman–Crippen MR) is 81.1 cm³/mol. The van der Waals surface area contributed by atoms with E-state index < -0.39 is 0 Å². The number of aromatic hydroxyl groups is 1. The first kappa shape index (κ1) is 14.4. The smallest absolute Gasteiger partial charge is 0.123 e. The second-order valence-electron chi connectivity index (χ2n) is 4.94. The summed E-state index contributed by atoms with van der Waals surface area (Å²) < 4.78 is 5.40. The zero-order chi connectivity index (χ0) is 14.5. The monoisotopic (exact) mass is 271 g/mol. The highest BCUT2D eigenvalue weighted by molar-refractivity contribution is 5.36. The first-order valence-electron chi connectivity index (χ1n) is 6.79. The third-order valence-electron chi connectivity index (χ3n) is 3.50. The van der Waals surface area contributed by atoms with Crippen LogP contribution in [0, 0.1) is 0 Å². The van der Waals surface area contributed by atoms with Crippen molar-refractivity contribution in [3.63, 3.8) is 0 Å². The zero-order valence-electron chi connectivity index (χ0n) is 12.1. The van der Waals surface area contributed by atoms with E-state index in [-0.39, 0.29) is 12.1 Å². The average molecular weight is 271 g/mol. The van der Waals surface area contributed by atoms with Gasteiger partial charge in [0.2, 0.25) is 0 Å². The van der Waals surface area contributed by atoms with Crippen LogP contribution in [0.4, 0.5) is 0 Å². The molecule has 20 heavy (non-hydrogen) atoms. The number of phenolic OH excluding ortho intramolecular Hbond substituents is 1. The van der Waals surface area contributed by atoms with Crippen LogP contribution in [0.3, 0.4) is 0 Å². The summed E-state index contributed by atoms with van der Waals surface area (Å²) >= 11 is 0. The molecule has 0 saturated heterocycles. The van der Waals surface area contributed by atoms with Crippen LogP contribution < -0.4 is 10.1 Å². The summed E-state index contributed by atoms with van der Waals surface area (Å²) in [5.74, 6) is 1.18. The van der Waals surface area contributed by atoms with Crippen molar-refractivity contribution < 1.29 is 9.84 Å². The van der Waals surface area contributed by atoms with E-state index in [1.807, 2.05) is 30.3 Å². The first-order valence-corrected chi connectivity index (χ1v) is 6.79. The van der Waals surface area contributed by atoms with Gasteiger partial charge in [-0.3, -0.25) is 0 Å². The van der Waals surface area contributed by atoms with Gasteiger partial charge in [0.25, 0.3) is 0 Å². The van der Waals surface area contributed by atoms with Crippen LogP contribution >= 0.6 is 0 Å². The number of hydrogen-bond acceptors (Lipinski definition) is 3. The van der Waals surface area contributed by atoms with Crippen molar-refractivity contribution in [1.29, 1.82) is 0 Å². The van der Waals surface area contributed by atoms with Gasteiger partial charge in [-0.05, 0) is 37.6 Å². The van der Waals surface area contributed by atoms with Gasteiger partial charge in [-0.25, -0.2) is 0 Å². The van der Waals surface area contributed by atoms with Crippen molar-refractivity contribution >= 4 is 0 Å². The number of hydrogen-bond donors (Lipinski definition) is 2. The van der Waals surface area contributed by atoms with Crippen LogP contribution in [-0.2, 0) is 0 Å². The lowest BCUT2D eigenvalue weighted by atomic mass is 10.0. The minimum absolute atomic E-state index is 0.176. The van der Waals surface area contributed by atoms with Gasteiger partial charge in [-0.1, -0.05) is 30.3 Å². The molecule has 2 atom stereocenters. The molecule has 2 aromatic carbocycles. The largest absolute Gasteiger partial charge is 0.508 e. The number of benzene rings is 2. The van der Waals surface area contributed by atoms with Crippen molar-refractivity contribution in [1.82, 2.24) is 5.32 Å². The number of rotatable bonds is 5. The Hall–Kier alpha value is -2.00. The number of ether oxygens (including phenoxy) is 1. The van der Waals surface area contributed by atoms with E-state index in [4.69, 9.17) is 4.74 Å². The van der Waals surface area contributed by atoms with Gasteiger partial charge in [0.1, 0.15) is 11.5 Å². The van der Waals surface area contributed by atoms with E-state index in [0.29, 0.717) is 5.75 Å². The van der Waals surface area contributed by atoms with Gasteiger partial charge in [0, 0.05) is 17.6 Å². The molecule has 3 heteroatoms. The van der Waals surface area contributed by atoms with Gasteiger partial charge in [0.15, 0.2) is 0 Å². The number of para-hydroxylation sites is 1. The first-order chi connectivity index (χ1) is 9.61. The fraction of sp³-hybridized carbons (Fsp3) is 0.294. The molecular weight excluding hydrogens is 250 g/mol. The van der Waals surface area contributed by atoms with E-state index in [0.717, 1.165) is 16.9 Å². The fourth-order valence-electron chi connectivity index (χ4n) is 2.35. The molecule has 1 unspecified atom stereocenters. The Morgan fingerprint density at radius 1 is 0.950 bits per heavy atom. The molecule has 2 aromatic rings. The predicted octanol–water partition coefficient (Wildman–Crippen LogP) is 3.81. The van der Waals surface area contributed by atoms with Crippen molar-refractivity contribution in [3.05, 3.63) is 59.7 Å². The maximum atomic E-state index is 9.33. The quantitative estimate of drug-likeness (QED) is 0.868. The molecular formula is C17H21NO2. The SMILES string of the molecule is COc1ccccc1[C@@H](C)NC(C)c1ccc(O)cc1. The molecule has 2 rings (SSSR count). The maximum Gasteiger partial charge on any atom is 0.123 e. The Bertz CT molecular complexity index is 551. The Kier molecular flexibility index (Phi) is 4.64. The summed E-state index contributed by atoms with van der Waals surface area (Å²) in [4.78, 5) is 0. The molecule has 0 aliphatic heterocycles. The van der Waals surface area contributed by atoms with Crippen LogP contribution in [0.25, 0.3) is 0 Å². The molecule has 0 saturated carbocycles. The van der Waals surface area contributed by atoms with Crippen molar-refractivity contribution in [3.8, 4) is 11.5 Å². The highest BCUT2D eigenvalue weighted by Crippen LogP contribution is 2.27. The van der Waals surface area contributed by atoms with E-state index in [2.05, 4.69) is 25.2 Å². The topological polar surface area (TPSA) is 41.5 Å². The summed E-state index contributed by atoms with van der Waals surface area (Å²) in [6.45, 7) is 4.23. The molecule has 0 fully saturated rings. The van der Waals surface area contributed by atoms with Gasteiger partial charge in [0.05, 0.1) is 7.11 Å². The van der Waals surface area contributed by atoms with E-state index in [9.17, 15) is 5.11 Å². The summed E-state index contributed by atoms with van der Waals surface area (Å²) in [6, 6.07) is 15.7. The molecule has 3 nitrogen and oxygen atoms in total. The molecule has 0 heterocycles. The van der Waals surface area contributed by atoms with Gasteiger partial charge >= 0.3 is 0 Å². The molecule has 106 valence electrons. The molecule has 2 N–H and O–H groups in total. The van der Waals surface area contributed by atoms with Gasteiger partial charge in [-0.2, -0.15) is 0 Å². The van der Waals surface area contributed by atoms with E-state index in [1.165, 1.54) is 0 Å². The molecule has 0 bridgehead atoms. The lowest BCUT2D eigenvalue weighted by Crippen LogP contribution is -2.22. The third-order valence-corrected chi connectivity index (χ3v) is 3.50. The normalized spacial score (nSPS) is 13.8. The van der Waals surface area contributed by atoms with Gasteiger partial charge in [-0.15, -0.1) is 0 Å². The van der Waals surface area contributed by atoms with Crippen LogP contribution in [0.1, 0.15) is 37.1 Å². The summed E-state index contributed by atoms with van der Waals surface area (Å²) in [5.41, 5.74) is 2.28. The van der Waals surface area contributed by atoms with Crippen molar-refractivity contribution in [2.75, 3.05) is 7.11 Å². The Morgan fingerprint density at radius 3 is 2.25 bits per heavy atom. The van der Waals surface area contributed by atoms with Crippen molar-refractivity contribution in [2.24, 2.45) is 0 Å². The van der Waals surface area contributed by atoms with Gasteiger partial charge < -0.3 is 15.2 Å². The Morgan fingerprint density at radius 2 is 1.60 bits per heavy atom. The van der Waals surface area contributed by atoms with E-state index in [1.54, 1.807) is 19.2 Å².